The van der Waals surface area contributed by atoms with Crippen molar-refractivity contribution in [3.8, 4) is 5.75 Å². The fourth-order valence-corrected chi connectivity index (χ4v) is 2.06. The van der Waals surface area contributed by atoms with Gasteiger partial charge in [0.15, 0.2) is 6.71 Å². The lowest BCUT2D eigenvalue weighted by Crippen LogP contribution is -2.26. The molecule has 0 unspecified atom stereocenters. The predicted molar refractivity (Wildman–Crippen MR) is 79.9 cm³/mol. The SMILES string of the molecule is CCCOc1cc(B(C)CCC)ccc1C(=O)OC. The topological polar surface area (TPSA) is 35.5 Å². The quantitative estimate of drug-likeness (QED) is 0.559. The van der Waals surface area contributed by atoms with E-state index in [2.05, 4.69) is 13.7 Å². The summed E-state index contributed by atoms with van der Waals surface area (Å²) in [5.74, 6) is 0.287. The molecule has 19 heavy (non-hydrogen) atoms. The summed E-state index contributed by atoms with van der Waals surface area (Å²) >= 11 is 0. The maximum Gasteiger partial charge on any atom is 0.341 e. The van der Waals surface area contributed by atoms with Crippen molar-refractivity contribution >= 4 is 18.1 Å². The molecule has 0 N–H and O–H groups in total. The second-order valence-corrected chi connectivity index (χ2v) is 4.79. The van der Waals surface area contributed by atoms with Crippen LogP contribution in [-0.4, -0.2) is 26.4 Å². The first-order chi connectivity index (χ1) is 9.13. The Kier molecular flexibility index (Phi) is 6.47. The Morgan fingerprint density at radius 3 is 2.58 bits per heavy atom. The molecule has 0 heterocycles. The van der Waals surface area contributed by atoms with Crippen LogP contribution < -0.4 is 10.2 Å². The van der Waals surface area contributed by atoms with E-state index in [0.717, 1.165) is 19.2 Å². The van der Waals surface area contributed by atoms with Gasteiger partial charge in [0.2, 0.25) is 0 Å². The highest BCUT2D eigenvalue weighted by Crippen LogP contribution is 2.19. The Morgan fingerprint density at radius 2 is 2.00 bits per heavy atom. The van der Waals surface area contributed by atoms with Crippen LogP contribution in [0, 0.1) is 0 Å². The molecule has 0 radical (unpaired) electrons. The highest BCUT2D eigenvalue weighted by Gasteiger charge is 2.16. The molecule has 0 amide bonds. The van der Waals surface area contributed by atoms with Crippen molar-refractivity contribution in [2.24, 2.45) is 0 Å². The van der Waals surface area contributed by atoms with Crippen LogP contribution in [0.5, 0.6) is 5.75 Å². The van der Waals surface area contributed by atoms with E-state index in [0.29, 0.717) is 24.6 Å². The number of benzene rings is 1. The van der Waals surface area contributed by atoms with Gasteiger partial charge in [-0.05, 0) is 18.6 Å². The molecule has 0 aliphatic carbocycles. The summed E-state index contributed by atoms with van der Waals surface area (Å²) in [6, 6.07) is 5.77. The molecular formula is C15H23BO3. The van der Waals surface area contributed by atoms with Crippen molar-refractivity contribution < 1.29 is 14.3 Å². The summed E-state index contributed by atoms with van der Waals surface area (Å²) in [5, 5.41) is 0. The lowest BCUT2D eigenvalue weighted by Gasteiger charge is -2.13. The Bertz CT molecular complexity index is 418. The van der Waals surface area contributed by atoms with Gasteiger partial charge in [0.25, 0.3) is 0 Å². The molecule has 0 aromatic heterocycles. The number of hydrogen-bond acceptors (Lipinski definition) is 3. The number of rotatable bonds is 7. The third kappa shape index (κ3) is 4.30. The van der Waals surface area contributed by atoms with E-state index in [-0.39, 0.29) is 5.97 Å². The molecule has 0 spiro atoms. The van der Waals surface area contributed by atoms with Gasteiger partial charge in [0.1, 0.15) is 11.3 Å². The van der Waals surface area contributed by atoms with Crippen molar-refractivity contribution in [2.45, 2.75) is 39.8 Å². The number of hydrogen-bond donors (Lipinski definition) is 0. The van der Waals surface area contributed by atoms with Crippen LogP contribution >= 0.6 is 0 Å². The van der Waals surface area contributed by atoms with Crippen LogP contribution in [-0.2, 0) is 4.74 Å². The van der Waals surface area contributed by atoms with Gasteiger partial charge in [0, 0.05) is 0 Å². The predicted octanol–water partition coefficient (Wildman–Crippen LogP) is 3.00. The van der Waals surface area contributed by atoms with Crippen molar-refractivity contribution in [2.75, 3.05) is 13.7 Å². The van der Waals surface area contributed by atoms with E-state index >= 15 is 0 Å². The van der Waals surface area contributed by atoms with Gasteiger partial charge < -0.3 is 9.47 Å². The van der Waals surface area contributed by atoms with Crippen LogP contribution in [0.1, 0.15) is 37.0 Å². The van der Waals surface area contributed by atoms with Crippen molar-refractivity contribution in [1.82, 2.24) is 0 Å². The second kappa shape index (κ2) is 7.87. The molecule has 1 rings (SSSR count). The molecule has 0 saturated heterocycles. The summed E-state index contributed by atoms with van der Waals surface area (Å²) in [4.78, 5) is 11.7. The molecule has 0 fully saturated rings. The van der Waals surface area contributed by atoms with E-state index < -0.39 is 0 Å². The zero-order valence-corrected chi connectivity index (χ0v) is 12.4. The monoisotopic (exact) mass is 262 g/mol. The fourth-order valence-electron chi connectivity index (χ4n) is 2.06. The summed E-state index contributed by atoms with van der Waals surface area (Å²) in [5.41, 5.74) is 1.71. The lowest BCUT2D eigenvalue weighted by atomic mass is 9.44. The maximum atomic E-state index is 11.7. The van der Waals surface area contributed by atoms with Gasteiger partial charge in [0.05, 0.1) is 13.7 Å². The normalized spacial score (nSPS) is 10.1. The molecule has 3 nitrogen and oxygen atoms in total. The standard InChI is InChI=1S/C15H23BO3/c1-5-9-16(3)12-7-8-13(15(17)18-4)14(11-12)19-10-6-2/h7-8,11H,5-6,9-10H2,1-4H3. The Balaban J connectivity index is 3.03. The Hall–Kier alpha value is -1.45. The summed E-state index contributed by atoms with van der Waals surface area (Å²) in [7, 11) is 1.39. The zero-order valence-electron chi connectivity index (χ0n) is 12.4. The van der Waals surface area contributed by atoms with E-state index in [1.54, 1.807) is 6.07 Å². The van der Waals surface area contributed by atoms with E-state index in [1.807, 2.05) is 19.1 Å². The average molecular weight is 262 g/mol. The lowest BCUT2D eigenvalue weighted by molar-refractivity contribution is 0.0596. The van der Waals surface area contributed by atoms with Crippen molar-refractivity contribution in [1.29, 1.82) is 0 Å². The fraction of sp³-hybridized carbons (Fsp3) is 0.533. The first-order valence-electron chi connectivity index (χ1n) is 6.99. The van der Waals surface area contributed by atoms with Gasteiger partial charge in [-0.2, -0.15) is 0 Å². The third-order valence-corrected chi connectivity index (χ3v) is 3.16. The van der Waals surface area contributed by atoms with Crippen molar-refractivity contribution in [3.63, 3.8) is 0 Å². The van der Waals surface area contributed by atoms with Crippen LogP contribution in [0.3, 0.4) is 0 Å². The van der Waals surface area contributed by atoms with Gasteiger partial charge >= 0.3 is 5.97 Å². The molecule has 0 aliphatic rings. The van der Waals surface area contributed by atoms with E-state index in [1.165, 1.54) is 12.6 Å². The van der Waals surface area contributed by atoms with Crippen LogP contribution in [0.15, 0.2) is 18.2 Å². The molecule has 4 heteroatoms. The van der Waals surface area contributed by atoms with Crippen LogP contribution in [0.2, 0.25) is 13.1 Å². The average Bonchev–Trinajstić information content (AvgIpc) is 2.44. The Labute approximate surface area is 116 Å². The Morgan fingerprint density at radius 1 is 1.26 bits per heavy atom. The van der Waals surface area contributed by atoms with Gasteiger partial charge in [-0.3, -0.25) is 0 Å². The highest BCUT2D eigenvalue weighted by atomic mass is 16.5. The third-order valence-electron chi connectivity index (χ3n) is 3.16. The summed E-state index contributed by atoms with van der Waals surface area (Å²) in [6.45, 7) is 7.49. The largest absolute Gasteiger partial charge is 0.493 e. The minimum Gasteiger partial charge on any atom is -0.493 e. The smallest absolute Gasteiger partial charge is 0.341 e. The number of ether oxygens (including phenoxy) is 2. The van der Waals surface area contributed by atoms with Crippen molar-refractivity contribution in [3.05, 3.63) is 23.8 Å². The first kappa shape index (κ1) is 15.6. The minimum atomic E-state index is -0.346. The highest BCUT2D eigenvalue weighted by molar-refractivity contribution is 6.72. The maximum absolute atomic E-state index is 11.7. The summed E-state index contributed by atoms with van der Waals surface area (Å²) < 4.78 is 10.5. The molecule has 104 valence electrons. The molecular weight excluding hydrogens is 239 g/mol. The number of methoxy groups -OCH3 is 1. The van der Waals surface area contributed by atoms with Crippen LogP contribution in [0.4, 0.5) is 0 Å². The second-order valence-electron chi connectivity index (χ2n) is 4.79. The van der Waals surface area contributed by atoms with Gasteiger partial charge in [-0.1, -0.05) is 44.9 Å². The molecule has 1 aromatic carbocycles. The van der Waals surface area contributed by atoms with E-state index in [4.69, 9.17) is 9.47 Å². The molecule has 1 aromatic rings. The first-order valence-corrected chi connectivity index (χ1v) is 6.99. The minimum absolute atomic E-state index is 0.346. The number of esters is 1. The van der Waals surface area contributed by atoms with Gasteiger partial charge in [-0.15, -0.1) is 0 Å². The van der Waals surface area contributed by atoms with Gasteiger partial charge in [-0.25, -0.2) is 4.79 Å². The molecule has 0 atom stereocenters. The number of carbonyl (C=O) groups is 1. The molecule has 0 aliphatic heterocycles. The summed E-state index contributed by atoms with van der Waals surface area (Å²) in [6.07, 6.45) is 3.19. The molecule has 0 saturated carbocycles. The number of carbonyl (C=O) groups excluding carboxylic acids is 1. The van der Waals surface area contributed by atoms with E-state index in [9.17, 15) is 4.79 Å². The molecule has 0 bridgehead atoms. The van der Waals surface area contributed by atoms with Crippen LogP contribution in [0.25, 0.3) is 0 Å². The zero-order chi connectivity index (χ0) is 14.3.